The highest BCUT2D eigenvalue weighted by molar-refractivity contribution is 7.82. The van der Waals surface area contributed by atoms with Crippen LogP contribution in [0.1, 0.15) is 40.5 Å². The lowest BCUT2D eigenvalue weighted by molar-refractivity contribution is 0.538. The third-order valence-corrected chi connectivity index (χ3v) is 1.80. The summed E-state index contributed by atoms with van der Waals surface area (Å²) < 4.78 is 0.306. The maximum atomic E-state index is 4.43. The summed E-state index contributed by atoms with van der Waals surface area (Å²) in [6.07, 6.45) is 2.24. The second-order valence-corrected chi connectivity index (χ2v) is 6.55. The van der Waals surface area contributed by atoms with E-state index >= 15 is 0 Å². The molecule has 0 radical (unpaired) electrons. The van der Waals surface area contributed by atoms with Crippen LogP contribution in [0.2, 0.25) is 0 Å². The number of rotatable bonds is 3. The molecule has 0 atom stereocenters. The van der Waals surface area contributed by atoms with E-state index in [1.54, 1.807) is 0 Å². The van der Waals surface area contributed by atoms with Crippen LogP contribution in [0.3, 0.4) is 0 Å². The van der Waals surface area contributed by atoms with Crippen molar-refractivity contribution in [3.8, 4) is 0 Å². The van der Waals surface area contributed by atoms with Gasteiger partial charge in [0.05, 0.1) is 0 Å². The normalized spacial score (nSPS) is 13.8. The van der Waals surface area contributed by atoms with Crippen LogP contribution in [0, 0.1) is 0 Å². The van der Waals surface area contributed by atoms with Gasteiger partial charge in [-0.3, -0.25) is 0 Å². The fourth-order valence-electron chi connectivity index (χ4n) is 0.612. The summed E-state index contributed by atoms with van der Waals surface area (Å²) >= 11 is 8.87. The fourth-order valence-corrected chi connectivity index (χ4v) is 0.835. The van der Waals surface area contributed by atoms with Crippen molar-refractivity contribution in [2.24, 2.45) is 0 Å². The van der Waals surface area contributed by atoms with E-state index in [-0.39, 0.29) is 9.49 Å². The van der Waals surface area contributed by atoms with Crippen LogP contribution in [-0.4, -0.2) is 9.49 Å². The van der Waals surface area contributed by atoms with Crippen molar-refractivity contribution in [1.82, 2.24) is 0 Å². The number of hydrogen-bond donors (Lipinski definition) is 2. The van der Waals surface area contributed by atoms with Crippen LogP contribution in [0.5, 0.6) is 0 Å². The number of thiol groups is 2. The molecule has 0 saturated heterocycles. The van der Waals surface area contributed by atoms with Crippen molar-refractivity contribution in [1.29, 1.82) is 0 Å². The molecule has 0 aromatic carbocycles. The van der Waals surface area contributed by atoms with Crippen LogP contribution >= 0.6 is 25.3 Å². The van der Waals surface area contributed by atoms with Crippen LogP contribution in [0.25, 0.3) is 0 Å². The first kappa shape index (κ1) is 10.7. The van der Waals surface area contributed by atoms with Gasteiger partial charge in [0, 0.05) is 9.49 Å². The first-order valence-corrected chi connectivity index (χ1v) is 4.55. The minimum absolute atomic E-state index is 0.153. The van der Waals surface area contributed by atoms with Gasteiger partial charge in [-0.25, -0.2) is 0 Å². The van der Waals surface area contributed by atoms with Crippen LogP contribution in [0.15, 0.2) is 0 Å². The fraction of sp³-hybridized carbons (Fsp3) is 1.00. The van der Waals surface area contributed by atoms with Crippen molar-refractivity contribution in [3.05, 3.63) is 0 Å². The highest BCUT2D eigenvalue weighted by Crippen LogP contribution is 2.26. The first-order chi connectivity index (χ1) is 4.21. The van der Waals surface area contributed by atoms with Crippen molar-refractivity contribution in [3.63, 3.8) is 0 Å². The predicted octanol–water partition coefficient (Wildman–Crippen LogP) is 3.18. The predicted molar refractivity (Wildman–Crippen MR) is 55.4 cm³/mol. The summed E-state index contributed by atoms with van der Waals surface area (Å²) in [6, 6.07) is 0. The van der Waals surface area contributed by atoms with E-state index in [4.69, 9.17) is 0 Å². The molecule has 0 saturated carbocycles. The molecule has 10 heavy (non-hydrogen) atoms. The van der Waals surface area contributed by atoms with Gasteiger partial charge in [0.2, 0.25) is 0 Å². The van der Waals surface area contributed by atoms with Gasteiger partial charge in [-0.15, -0.1) is 0 Å². The Kier molecular flexibility index (Phi) is 3.64. The molecule has 0 aromatic rings. The molecule has 0 N–H and O–H groups in total. The van der Waals surface area contributed by atoms with Crippen molar-refractivity contribution >= 4 is 25.3 Å². The molecule has 0 heterocycles. The molecule has 0 aliphatic rings. The Morgan fingerprint density at radius 1 is 0.800 bits per heavy atom. The van der Waals surface area contributed by atoms with Crippen molar-refractivity contribution in [2.45, 2.75) is 50.0 Å². The molecule has 0 aliphatic heterocycles. The van der Waals surface area contributed by atoms with Crippen LogP contribution in [-0.2, 0) is 0 Å². The van der Waals surface area contributed by atoms with Crippen molar-refractivity contribution in [2.75, 3.05) is 0 Å². The summed E-state index contributed by atoms with van der Waals surface area (Å²) in [7, 11) is 0. The van der Waals surface area contributed by atoms with Gasteiger partial charge in [-0.2, -0.15) is 25.3 Å². The van der Waals surface area contributed by atoms with Gasteiger partial charge in [0.1, 0.15) is 0 Å². The highest BCUT2D eigenvalue weighted by Gasteiger charge is 2.17. The van der Waals surface area contributed by atoms with Gasteiger partial charge >= 0.3 is 0 Å². The first-order valence-electron chi connectivity index (χ1n) is 3.65. The zero-order valence-electron chi connectivity index (χ0n) is 7.31. The molecule has 62 valence electrons. The molecule has 0 bridgehead atoms. The summed E-state index contributed by atoms with van der Waals surface area (Å²) in [5, 5.41) is 0. The van der Waals surface area contributed by atoms with E-state index < -0.39 is 0 Å². The minimum atomic E-state index is 0.153. The summed E-state index contributed by atoms with van der Waals surface area (Å²) in [4.78, 5) is 0. The average Bonchev–Trinajstić information content (AvgIpc) is 1.57. The third-order valence-electron chi connectivity index (χ3n) is 1.35. The van der Waals surface area contributed by atoms with Crippen LogP contribution < -0.4 is 0 Å². The van der Waals surface area contributed by atoms with E-state index in [1.807, 2.05) is 0 Å². The lowest BCUT2D eigenvalue weighted by Crippen LogP contribution is -2.18. The van der Waals surface area contributed by atoms with E-state index in [9.17, 15) is 0 Å². The highest BCUT2D eigenvalue weighted by atomic mass is 32.1. The Hall–Kier alpha value is 0.700. The topological polar surface area (TPSA) is 0 Å². The van der Waals surface area contributed by atoms with E-state index in [0.717, 1.165) is 12.8 Å². The van der Waals surface area contributed by atoms with E-state index in [1.165, 1.54) is 0 Å². The largest absolute Gasteiger partial charge is 0.173 e. The van der Waals surface area contributed by atoms with Crippen LogP contribution in [0.4, 0.5) is 0 Å². The Balaban J connectivity index is 3.56. The average molecular weight is 178 g/mol. The lowest BCUT2D eigenvalue weighted by atomic mass is 9.99. The van der Waals surface area contributed by atoms with Gasteiger partial charge in [0.25, 0.3) is 0 Å². The zero-order chi connectivity index (χ0) is 8.41. The quantitative estimate of drug-likeness (QED) is 0.609. The maximum Gasteiger partial charge on any atom is 0.00736 e. The SMILES string of the molecule is CC(C)(S)CCC(C)(C)S. The molecular formula is C8H18S2. The molecule has 0 unspecified atom stereocenters. The maximum absolute atomic E-state index is 4.43. The minimum Gasteiger partial charge on any atom is -0.173 e. The number of hydrogen-bond acceptors (Lipinski definition) is 2. The zero-order valence-corrected chi connectivity index (χ0v) is 9.10. The molecular weight excluding hydrogens is 160 g/mol. The summed E-state index contributed by atoms with van der Waals surface area (Å²) in [5.41, 5.74) is 0. The molecule has 0 fully saturated rings. The summed E-state index contributed by atoms with van der Waals surface area (Å²) in [5.74, 6) is 0. The molecule has 0 spiro atoms. The standard InChI is InChI=1S/C8H18S2/c1-7(2,9)5-6-8(3,4)10/h9-10H,5-6H2,1-4H3. The Morgan fingerprint density at radius 3 is 1.10 bits per heavy atom. The van der Waals surface area contributed by atoms with Crippen molar-refractivity contribution < 1.29 is 0 Å². The molecule has 0 nitrogen and oxygen atoms in total. The second-order valence-electron chi connectivity index (χ2n) is 4.12. The second kappa shape index (κ2) is 3.40. The molecule has 0 aromatic heterocycles. The Morgan fingerprint density at radius 2 is 1.00 bits per heavy atom. The van der Waals surface area contributed by atoms with Gasteiger partial charge in [-0.1, -0.05) is 27.7 Å². The van der Waals surface area contributed by atoms with E-state index in [0.29, 0.717) is 0 Å². The lowest BCUT2D eigenvalue weighted by Gasteiger charge is -2.23. The summed E-state index contributed by atoms with van der Waals surface area (Å²) in [6.45, 7) is 8.54. The monoisotopic (exact) mass is 178 g/mol. The molecule has 2 heteroatoms. The third kappa shape index (κ3) is 8.70. The molecule has 0 amide bonds. The molecule has 0 rings (SSSR count). The smallest absolute Gasteiger partial charge is 0.00736 e. The Bertz CT molecular complexity index is 80.8. The van der Waals surface area contributed by atoms with E-state index in [2.05, 4.69) is 53.0 Å². The Labute approximate surface area is 75.6 Å². The van der Waals surface area contributed by atoms with Gasteiger partial charge in [-0.05, 0) is 12.8 Å². The molecule has 0 aliphatic carbocycles. The van der Waals surface area contributed by atoms with Gasteiger partial charge in [0.15, 0.2) is 0 Å². The van der Waals surface area contributed by atoms with Gasteiger partial charge < -0.3 is 0 Å².